The van der Waals surface area contributed by atoms with Gasteiger partial charge >= 0.3 is 0 Å². The SMILES string of the molecule is Cc1ccc(-c2noc(CCC(=O)N3CCC(C(O)c4ccccc4)CC3)n2)cc1. The molecule has 2 heterocycles. The van der Waals surface area contributed by atoms with Crippen molar-refractivity contribution in [1.82, 2.24) is 15.0 Å². The standard InChI is InChI=1S/C24H27N3O3/c1-17-7-9-20(10-8-17)24-25-21(30-26-24)11-12-22(28)27-15-13-19(14-16-27)23(29)18-5-3-2-4-6-18/h2-10,19,23,29H,11-16H2,1H3. The number of aryl methyl sites for hydroxylation is 2. The Morgan fingerprint density at radius 3 is 2.53 bits per heavy atom. The quantitative estimate of drug-likeness (QED) is 0.672. The Bertz CT molecular complexity index is 961. The zero-order valence-corrected chi connectivity index (χ0v) is 17.2. The summed E-state index contributed by atoms with van der Waals surface area (Å²) in [6, 6.07) is 17.7. The van der Waals surface area contributed by atoms with Gasteiger partial charge in [-0.3, -0.25) is 4.79 Å². The third kappa shape index (κ3) is 4.76. The lowest BCUT2D eigenvalue weighted by Crippen LogP contribution is -2.39. The predicted octanol–water partition coefficient (Wildman–Crippen LogP) is 3.95. The first-order valence-electron chi connectivity index (χ1n) is 10.5. The minimum Gasteiger partial charge on any atom is -0.388 e. The molecule has 0 radical (unpaired) electrons. The Labute approximate surface area is 176 Å². The normalized spacial score (nSPS) is 15.9. The molecule has 1 N–H and O–H groups in total. The molecule has 6 heteroatoms. The van der Waals surface area contributed by atoms with Crippen molar-refractivity contribution in [2.45, 2.75) is 38.7 Å². The van der Waals surface area contributed by atoms with Crippen molar-refractivity contribution >= 4 is 5.91 Å². The van der Waals surface area contributed by atoms with Gasteiger partial charge < -0.3 is 14.5 Å². The van der Waals surface area contributed by atoms with Crippen LogP contribution >= 0.6 is 0 Å². The van der Waals surface area contributed by atoms with E-state index < -0.39 is 6.10 Å². The first-order chi connectivity index (χ1) is 14.6. The Kier molecular flexibility index (Phi) is 6.23. The molecule has 1 atom stereocenters. The molecular formula is C24H27N3O3. The summed E-state index contributed by atoms with van der Waals surface area (Å²) >= 11 is 0. The van der Waals surface area contributed by atoms with Gasteiger partial charge in [0.25, 0.3) is 0 Å². The maximum Gasteiger partial charge on any atom is 0.227 e. The van der Waals surface area contributed by atoms with Gasteiger partial charge in [-0.15, -0.1) is 0 Å². The number of benzene rings is 2. The molecule has 0 spiro atoms. The monoisotopic (exact) mass is 405 g/mol. The summed E-state index contributed by atoms with van der Waals surface area (Å²) in [7, 11) is 0. The minimum atomic E-state index is -0.470. The lowest BCUT2D eigenvalue weighted by molar-refractivity contribution is -0.133. The van der Waals surface area contributed by atoms with Gasteiger partial charge in [0.2, 0.25) is 17.6 Å². The molecule has 1 aromatic heterocycles. The van der Waals surface area contributed by atoms with E-state index in [4.69, 9.17) is 4.52 Å². The predicted molar refractivity (Wildman–Crippen MR) is 113 cm³/mol. The summed E-state index contributed by atoms with van der Waals surface area (Å²) in [6.07, 6.45) is 1.92. The van der Waals surface area contributed by atoms with Crippen molar-refractivity contribution in [1.29, 1.82) is 0 Å². The van der Waals surface area contributed by atoms with Crippen molar-refractivity contribution < 1.29 is 14.4 Å². The molecule has 1 unspecified atom stereocenters. The molecule has 1 fully saturated rings. The molecule has 6 nitrogen and oxygen atoms in total. The summed E-state index contributed by atoms with van der Waals surface area (Å²) in [5.41, 5.74) is 3.03. The summed E-state index contributed by atoms with van der Waals surface area (Å²) in [4.78, 5) is 18.9. The minimum absolute atomic E-state index is 0.0951. The smallest absolute Gasteiger partial charge is 0.227 e. The molecule has 156 valence electrons. The average molecular weight is 405 g/mol. The number of aliphatic hydroxyl groups excluding tert-OH is 1. The van der Waals surface area contributed by atoms with Crippen molar-refractivity contribution in [3.63, 3.8) is 0 Å². The summed E-state index contributed by atoms with van der Waals surface area (Å²) in [5.74, 6) is 1.31. The number of nitrogens with zero attached hydrogens (tertiary/aromatic N) is 3. The lowest BCUT2D eigenvalue weighted by Gasteiger charge is -2.34. The molecule has 0 aliphatic carbocycles. The molecule has 3 aromatic rings. The molecular weight excluding hydrogens is 378 g/mol. The van der Waals surface area contributed by atoms with Gasteiger partial charge in [-0.2, -0.15) is 4.98 Å². The highest BCUT2D eigenvalue weighted by molar-refractivity contribution is 5.76. The molecule has 2 aromatic carbocycles. The van der Waals surface area contributed by atoms with Crippen LogP contribution in [0.15, 0.2) is 59.1 Å². The van der Waals surface area contributed by atoms with Crippen molar-refractivity contribution in [2.75, 3.05) is 13.1 Å². The number of hydrogen-bond acceptors (Lipinski definition) is 5. The number of hydrogen-bond donors (Lipinski definition) is 1. The number of piperidine rings is 1. The number of aliphatic hydroxyl groups is 1. The topological polar surface area (TPSA) is 79.5 Å². The van der Waals surface area contributed by atoms with Crippen molar-refractivity contribution in [3.8, 4) is 11.4 Å². The van der Waals surface area contributed by atoms with Crippen LogP contribution in [-0.2, 0) is 11.2 Å². The van der Waals surface area contributed by atoms with Crippen LogP contribution in [-0.4, -0.2) is 39.1 Å². The van der Waals surface area contributed by atoms with Gasteiger partial charge in [0.1, 0.15) is 0 Å². The number of carbonyl (C=O) groups is 1. The average Bonchev–Trinajstić information content (AvgIpc) is 3.27. The highest BCUT2D eigenvalue weighted by Gasteiger charge is 2.28. The van der Waals surface area contributed by atoms with E-state index in [2.05, 4.69) is 10.1 Å². The van der Waals surface area contributed by atoms with Crippen LogP contribution in [0.4, 0.5) is 0 Å². The van der Waals surface area contributed by atoms with Crippen molar-refractivity contribution in [3.05, 3.63) is 71.6 Å². The fourth-order valence-electron chi connectivity index (χ4n) is 3.94. The first-order valence-corrected chi connectivity index (χ1v) is 10.5. The van der Waals surface area contributed by atoms with E-state index in [1.165, 1.54) is 5.56 Å². The molecule has 0 bridgehead atoms. The van der Waals surface area contributed by atoms with Gasteiger partial charge in [-0.1, -0.05) is 65.3 Å². The molecule has 1 aliphatic rings. The number of aromatic nitrogens is 2. The Balaban J connectivity index is 1.26. The van der Waals surface area contributed by atoms with Crippen LogP contribution in [0, 0.1) is 12.8 Å². The molecule has 1 aliphatic heterocycles. The van der Waals surface area contributed by atoms with E-state index in [0.29, 0.717) is 37.6 Å². The highest BCUT2D eigenvalue weighted by atomic mass is 16.5. The van der Waals surface area contributed by atoms with Gasteiger partial charge in [-0.25, -0.2) is 0 Å². The molecule has 0 saturated carbocycles. The van der Waals surface area contributed by atoms with Crippen LogP contribution in [0.3, 0.4) is 0 Å². The van der Waals surface area contributed by atoms with Gasteiger partial charge in [-0.05, 0) is 31.2 Å². The fourth-order valence-corrected chi connectivity index (χ4v) is 3.94. The van der Waals surface area contributed by atoms with E-state index >= 15 is 0 Å². The maximum atomic E-state index is 12.6. The Hall–Kier alpha value is -2.99. The van der Waals surface area contributed by atoms with Crippen LogP contribution in [0.2, 0.25) is 0 Å². The molecule has 4 rings (SSSR count). The first kappa shape index (κ1) is 20.3. The number of rotatable bonds is 6. The van der Waals surface area contributed by atoms with E-state index in [9.17, 15) is 9.90 Å². The van der Waals surface area contributed by atoms with E-state index in [1.54, 1.807) is 0 Å². The summed E-state index contributed by atoms with van der Waals surface area (Å²) in [5, 5.41) is 14.6. The van der Waals surface area contributed by atoms with Gasteiger partial charge in [0, 0.05) is 31.5 Å². The van der Waals surface area contributed by atoms with Gasteiger partial charge in [0.15, 0.2) is 0 Å². The summed E-state index contributed by atoms with van der Waals surface area (Å²) in [6.45, 7) is 3.37. The maximum absolute atomic E-state index is 12.6. The highest BCUT2D eigenvalue weighted by Crippen LogP contribution is 2.30. The number of likely N-dealkylation sites (tertiary alicyclic amines) is 1. The Morgan fingerprint density at radius 2 is 1.83 bits per heavy atom. The van der Waals surface area contributed by atoms with E-state index in [0.717, 1.165) is 24.0 Å². The zero-order valence-electron chi connectivity index (χ0n) is 17.2. The molecule has 1 amide bonds. The van der Waals surface area contributed by atoms with Crippen molar-refractivity contribution in [2.24, 2.45) is 5.92 Å². The van der Waals surface area contributed by atoms with E-state index in [1.807, 2.05) is 66.4 Å². The van der Waals surface area contributed by atoms with Crippen LogP contribution in [0.25, 0.3) is 11.4 Å². The summed E-state index contributed by atoms with van der Waals surface area (Å²) < 4.78 is 5.32. The molecule has 30 heavy (non-hydrogen) atoms. The fraction of sp³-hybridized carbons (Fsp3) is 0.375. The Morgan fingerprint density at radius 1 is 1.13 bits per heavy atom. The molecule has 1 saturated heterocycles. The van der Waals surface area contributed by atoms with Crippen LogP contribution < -0.4 is 0 Å². The second-order valence-electron chi connectivity index (χ2n) is 7.95. The largest absolute Gasteiger partial charge is 0.388 e. The third-order valence-electron chi connectivity index (χ3n) is 5.81. The van der Waals surface area contributed by atoms with Crippen LogP contribution in [0.1, 0.15) is 42.4 Å². The van der Waals surface area contributed by atoms with E-state index in [-0.39, 0.29) is 11.8 Å². The number of carbonyl (C=O) groups excluding carboxylic acids is 1. The second-order valence-corrected chi connectivity index (χ2v) is 7.95. The second kappa shape index (κ2) is 9.22. The zero-order chi connectivity index (χ0) is 20.9. The van der Waals surface area contributed by atoms with Gasteiger partial charge in [0.05, 0.1) is 6.10 Å². The lowest BCUT2D eigenvalue weighted by atomic mass is 9.87. The van der Waals surface area contributed by atoms with Crippen LogP contribution in [0.5, 0.6) is 0 Å². The third-order valence-corrected chi connectivity index (χ3v) is 5.81. The number of amides is 1.